The van der Waals surface area contributed by atoms with E-state index in [1.807, 2.05) is 54.6 Å². The second kappa shape index (κ2) is 5.40. The van der Waals surface area contributed by atoms with Crippen molar-refractivity contribution in [2.75, 3.05) is 0 Å². The van der Waals surface area contributed by atoms with Gasteiger partial charge in [0.25, 0.3) is 5.56 Å². The summed E-state index contributed by atoms with van der Waals surface area (Å²) >= 11 is 0. The van der Waals surface area contributed by atoms with Gasteiger partial charge < -0.3 is 9.72 Å². The quantitative estimate of drug-likeness (QED) is 0.790. The van der Waals surface area contributed by atoms with E-state index in [0.717, 1.165) is 11.3 Å². The number of ether oxygens (including phenoxy) is 1. The third kappa shape index (κ3) is 2.75. The van der Waals surface area contributed by atoms with Crippen LogP contribution in [0.1, 0.15) is 0 Å². The van der Waals surface area contributed by atoms with Gasteiger partial charge in [-0.05, 0) is 24.3 Å². The van der Waals surface area contributed by atoms with E-state index >= 15 is 0 Å². The molecule has 0 spiro atoms. The van der Waals surface area contributed by atoms with Crippen LogP contribution in [0.3, 0.4) is 0 Å². The molecule has 4 heteroatoms. The summed E-state index contributed by atoms with van der Waals surface area (Å²) in [6.45, 7) is 0. The molecule has 20 heavy (non-hydrogen) atoms. The van der Waals surface area contributed by atoms with Crippen LogP contribution >= 0.6 is 0 Å². The standard InChI is InChI=1S/C16H12N2O2/c19-15-9-10-17-16(18-15)12-5-4-8-14(11-12)20-13-6-2-1-3-7-13/h1-11H,(H,17,18,19). The van der Waals surface area contributed by atoms with E-state index < -0.39 is 0 Å². The lowest BCUT2D eigenvalue weighted by Gasteiger charge is -2.07. The zero-order valence-electron chi connectivity index (χ0n) is 10.6. The third-order valence-corrected chi connectivity index (χ3v) is 2.76. The number of benzene rings is 2. The second-order valence-electron chi connectivity index (χ2n) is 4.23. The summed E-state index contributed by atoms with van der Waals surface area (Å²) in [5.74, 6) is 1.98. The minimum Gasteiger partial charge on any atom is -0.457 e. The molecule has 0 radical (unpaired) electrons. The van der Waals surface area contributed by atoms with Crippen LogP contribution in [0.5, 0.6) is 11.5 Å². The smallest absolute Gasteiger partial charge is 0.251 e. The van der Waals surface area contributed by atoms with Crippen LogP contribution in [-0.2, 0) is 0 Å². The summed E-state index contributed by atoms with van der Waals surface area (Å²) in [5, 5.41) is 0. The Morgan fingerprint density at radius 1 is 0.900 bits per heavy atom. The molecular weight excluding hydrogens is 252 g/mol. The molecule has 98 valence electrons. The Kier molecular flexibility index (Phi) is 3.29. The zero-order valence-corrected chi connectivity index (χ0v) is 10.6. The Balaban J connectivity index is 1.92. The molecule has 4 nitrogen and oxygen atoms in total. The predicted octanol–water partition coefficient (Wildman–Crippen LogP) is 3.23. The van der Waals surface area contributed by atoms with Crippen molar-refractivity contribution in [2.45, 2.75) is 0 Å². The van der Waals surface area contributed by atoms with E-state index in [9.17, 15) is 4.79 Å². The Morgan fingerprint density at radius 2 is 1.70 bits per heavy atom. The summed E-state index contributed by atoms with van der Waals surface area (Å²) < 4.78 is 5.75. The van der Waals surface area contributed by atoms with Crippen LogP contribution in [0, 0.1) is 0 Å². The van der Waals surface area contributed by atoms with E-state index in [4.69, 9.17) is 4.74 Å². The van der Waals surface area contributed by atoms with E-state index in [1.165, 1.54) is 12.3 Å². The van der Waals surface area contributed by atoms with Crippen molar-refractivity contribution in [3.05, 3.63) is 77.2 Å². The second-order valence-corrected chi connectivity index (χ2v) is 4.23. The molecule has 0 fully saturated rings. The van der Waals surface area contributed by atoms with Crippen LogP contribution in [0.25, 0.3) is 11.4 Å². The van der Waals surface area contributed by atoms with Gasteiger partial charge in [0, 0.05) is 17.8 Å². The highest BCUT2D eigenvalue weighted by Gasteiger charge is 2.03. The Hall–Kier alpha value is -2.88. The monoisotopic (exact) mass is 264 g/mol. The van der Waals surface area contributed by atoms with E-state index in [2.05, 4.69) is 9.97 Å². The van der Waals surface area contributed by atoms with Gasteiger partial charge in [0.2, 0.25) is 0 Å². The van der Waals surface area contributed by atoms with Crippen molar-refractivity contribution in [1.29, 1.82) is 0 Å². The van der Waals surface area contributed by atoms with E-state index in [1.54, 1.807) is 0 Å². The normalized spacial score (nSPS) is 10.2. The number of H-pyrrole nitrogens is 1. The fraction of sp³-hybridized carbons (Fsp3) is 0. The Morgan fingerprint density at radius 3 is 2.50 bits per heavy atom. The van der Waals surface area contributed by atoms with Gasteiger partial charge in [0.15, 0.2) is 0 Å². The Labute approximate surface area is 115 Å². The summed E-state index contributed by atoms with van der Waals surface area (Å²) in [5.41, 5.74) is 0.625. The number of rotatable bonds is 3. The number of hydrogen-bond donors (Lipinski definition) is 1. The maximum Gasteiger partial charge on any atom is 0.251 e. The first-order valence-electron chi connectivity index (χ1n) is 6.20. The molecule has 0 aliphatic rings. The minimum atomic E-state index is -0.176. The van der Waals surface area contributed by atoms with Gasteiger partial charge in [-0.3, -0.25) is 4.79 Å². The molecule has 3 aromatic rings. The molecule has 0 amide bonds. The number of para-hydroxylation sites is 1. The molecule has 2 aromatic carbocycles. The minimum absolute atomic E-state index is 0.176. The molecule has 0 saturated carbocycles. The third-order valence-electron chi connectivity index (χ3n) is 2.76. The lowest BCUT2D eigenvalue weighted by atomic mass is 10.2. The molecule has 3 rings (SSSR count). The fourth-order valence-corrected chi connectivity index (χ4v) is 1.85. The topological polar surface area (TPSA) is 55.0 Å². The zero-order chi connectivity index (χ0) is 13.8. The van der Waals surface area contributed by atoms with Gasteiger partial charge in [-0.1, -0.05) is 30.3 Å². The number of hydrogen-bond acceptors (Lipinski definition) is 3. The highest BCUT2D eigenvalue weighted by Crippen LogP contribution is 2.24. The first kappa shape index (κ1) is 12.2. The number of aromatic amines is 1. The SMILES string of the molecule is O=c1ccnc(-c2cccc(Oc3ccccc3)c2)[nH]1. The summed E-state index contributed by atoms with van der Waals surface area (Å²) in [6, 6.07) is 18.3. The molecule has 0 aliphatic carbocycles. The summed E-state index contributed by atoms with van der Waals surface area (Å²) in [6.07, 6.45) is 1.49. The summed E-state index contributed by atoms with van der Waals surface area (Å²) in [7, 11) is 0. The average molecular weight is 264 g/mol. The number of nitrogens with one attached hydrogen (secondary N) is 1. The van der Waals surface area contributed by atoms with Gasteiger partial charge in [0.05, 0.1) is 0 Å². The van der Waals surface area contributed by atoms with Crippen molar-refractivity contribution in [1.82, 2.24) is 9.97 Å². The van der Waals surface area contributed by atoms with Crippen LogP contribution in [0.15, 0.2) is 71.7 Å². The van der Waals surface area contributed by atoms with E-state index in [-0.39, 0.29) is 5.56 Å². The Bertz CT molecular complexity index is 766. The first-order chi connectivity index (χ1) is 9.81. The molecule has 1 heterocycles. The maximum atomic E-state index is 11.3. The van der Waals surface area contributed by atoms with Crippen LogP contribution in [0.2, 0.25) is 0 Å². The maximum absolute atomic E-state index is 11.3. The predicted molar refractivity (Wildman–Crippen MR) is 76.8 cm³/mol. The van der Waals surface area contributed by atoms with Crippen LogP contribution in [0.4, 0.5) is 0 Å². The molecule has 1 aromatic heterocycles. The van der Waals surface area contributed by atoms with Gasteiger partial charge in [-0.25, -0.2) is 4.98 Å². The lowest BCUT2D eigenvalue weighted by Crippen LogP contribution is -2.05. The van der Waals surface area contributed by atoms with Gasteiger partial charge in [-0.2, -0.15) is 0 Å². The molecular formula is C16H12N2O2. The van der Waals surface area contributed by atoms with Crippen LogP contribution in [-0.4, -0.2) is 9.97 Å². The van der Waals surface area contributed by atoms with Gasteiger partial charge >= 0.3 is 0 Å². The molecule has 0 bridgehead atoms. The molecule has 0 unspecified atom stereocenters. The number of nitrogens with zero attached hydrogens (tertiary/aromatic N) is 1. The fourth-order valence-electron chi connectivity index (χ4n) is 1.85. The number of aromatic nitrogens is 2. The highest BCUT2D eigenvalue weighted by molar-refractivity contribution is 5.57. The molecule has 0 aliphatic heterocycles. The largest absolute Gasteiger partial charge is 0.457 e. The van der Waals surface area contributed by atoms with Crippen molar-refractivity contribution in [3.8, 4) is 22.9 Å². The lowest BCUT2D eigenvalue weighted by molar-refractivity contribution is 0.483. The van der Waals surface area contributed by atoms with Crippen molar-refractivity contribution in [2.24, 2.45) is 0 Å². The van der Waals surface area contributed by atoms with Crippen molar-refractivity contribution < 1.29 is 4.74 Å². The molecule has 0 atom stereocenters. The average Bonchev–Trinajstić information content (AvgIpc) is 2.49. The van der Waals surface area contributed by atoms with Crippen LogP contribution < -0.4 is 10.3 Å². The first-order valence-corrected chi connectivity index (χ1v) is 6.20. The van der Waals surface area contributed by atoms with Crippen molar-refractivity contribution >= 4 is 0 Å². The molecule has 0 saturated heterocycles. The van der Waals surface area contributed by atoms with E-state index in [0.29, 0.717) is 11.6 Å². The summed E-state index contributed by atoms with van der Waals surface area (Å²) in [4.78, 5) is 18.2. The van der Waals surface area contributed by atoms with Crippen molar-refractivity contribution in [3.63, 3.8) is 0 Å². The van der Waals surface area contributed by atoms with Gasteiger partial charge in [0.1, 0.15) is 17.3 Å². The van der Waals surface area contributed by atoms with Gasteiger partial charge in [-0.15, -0.1) is 0 Å². The highest BCUT2D eigenvalue weighted by atomic mass is 16.5. The molecule has 1 N–H and O–H groups in total.